The first-order chi connectivity index (χ1) is 16.8. The van der Waals surface area contributed by atoms with Crippen molar-refractivity contribution >= 4 is 33.7 Å². The predicted octanol–water partition coefficient (Wildman–Crippen LogP) is 6.20. The van der Waals surface area contributed by atoms with Crippen LogP contribution >= 0.6 is 0 Å². The molecule has 0 aromatic heterocycles. The number of hydrogen-bond acceptors (Lipinski definition) is 4. The van der Waals surface area contributed by atoms with E-state index < -0.39 is 11.3 Å². The minimum absolute atomic E-state index is 0.226. The van der Waals surface area contributed by atoms with Crippen molar-refractivity contribution in [3.8, 4) is 11.1 Å². The molecule has 0 aliphatic heterocycles. The highest BCUT2D eigenvalue weighted by atomic mass is 32.2. The van der Waals surface area contributed by atoms with Crippen LogP contribution in [0.25, 0.3) is 21.9 Å². The second kappa shape index (κ2) is 10.4. The summed E-state index contributed by atoms with van der Waals surface area (Å²) in [4.78, 5) is 12.1. The maximum Gasteiger partial charge on any atom is 0.312 e. The number of hydrogen-bond donors (Lipinski definition) is 0. The van der Waals surface area contributed by atoms with Crippen LogP contribution in [-0.2, 0) is 27.3 Å². The molecule has 0 amide bonds. The maximum absolute atomic E-state index is 12.3. The number of aryl methyl sites for hydroxylation is 1. The van der Waals surface area contributed by atoms with Gasteiger partial charge in [0.25, 0.3) is 0 Å². The van der Waals surface area contributed by atoms with Gasteiger partial charge in [-0.3, -0.25) is 13.3 Å². The van der Waals surface area contributed by atoms with Crippen LogP contribution in [0.4, 0.5) is 5.69 Å². The topological polar surface area (TPSA) is 69.7 Å². The molecule has 4 aromatic rings. The minimum atomic E-state index is -2.44. The molecular formula is C29H28NO4S-. The molecule has 2 atom stereocenters. The van der Waals surface area contributed by atoms with E-state index in [0.717, 1.165) is 44.2 Å². The Hall–Kier alpha value is -3.48. The lowest BCUT2D eigenvalue weighted by atomic mass is 9.90. The molecule has 0 aliphatic carbocycles. The van der Waals surface area contributed by atoms with E-state index in [4.69, 9.17) is 4.74 Å². The molecule has 4 aromatic carbocycles. The number of esters is 1. The SMILES string of the molecule is COC(=O)C(C)c1cccc(-c2ccc(CN(c3c(C)ccc4ccccc34)S(=O)[O-])cc2)c1C. The lowest BCUT2D eigenvalue weighted by molar-refractivity contribution is -0.142. The van der Waals surface area contributed by atoms with Gasteiger partial charge in [-0.15, -0.1) is 0 Å². The molecule has 180 valence electrons. The molecule has 6 heteroatoms. The molecule has 2 unspecified atom stereocenters. The van der Waals surface area contributed by atoms with Gasteiger partial charge in [0.1, 0.15) is 0 Å². The van der Waals surface area contributed by atoms with Gasteiger partial charge in [0, 0.05) is 16.7 Å². The zero-order valence-electron chi connectivity index (χ0n) is 20.3. The van der Waals surface area contributed by atoms with E-state index in [1.54, 1.807) is 0 Å². The summed E-state index contributed by atoms with van der Waals surface area (Å²) in [7, 11) is 1.40. The molecule has 4 rings (SSSR count). The first-order valence-electron chi connectivity index (χ1n) is 11.4. The monoisotopic (exact) mass is 486 g/mol. The fourth-order valence-electron chi connectivity index (χ4n) is 4.60. The zero-order chi connectivity index (χ0) is 25.1. The molecule has 5 nitrogen and oxygen atoms in total. The third kappa shape index (κ3) is 4.99. The van der Waals surface area contributed by atoms with Crippen molar-refractivity contribution in [3.05, 3.63) is 101 Å². The van der Waals surface area contributed by atoms with Crippen LogP contribution in [0.2, 0.25) is 0 Å². The van der Waals surface area contributed by atoms with Crippen molar-refractivity contribution in [3.63, 3.8) is 0 Å². The van der Waals surface area contributed by atoms with E-state index >= 15 is 0 Å². The summed E-state index contributed by atoms with van der Waals surface area (Å²) < 4.78 is 30.9. The van der Waals surface area contributed by atoms with Crippen LogP contribution in [-0.4, -0.2) is 21.8 Å². The quantitative estimate of drug-likeness (QED) is 0.230. The number of methoxy groups -OCH3 is 1. The predicted molar refractivity (Wildman–Crippen MR) is 141 cm³/mol. The second-order valence-corrected chi connectivity index (χ2v) is 9.54. The average molecular weight is 487 g/mol. The van der Waals surface area contributed by atoms with E-state index in [-0.39, 0.29) is 18.4 Å². The summed E-state index contributed by atoms with van der Waals surface area (Å²) in [6.45, 7) is 6.00. The first kappa shape index (κ1) is 24.6. The van der Waals surface area contributed by atoms with Crippen molar-refractivity contribution in [2.24, 2.45) is 0 Å². The number of carbonyl (C=O) groups is 1. The van der Waals surface area contributed by atoms with Gasteiger partial charge in [0.05, 0.1) is 25.3 Å². The third-order valence-corrected chi connectivity index (χ3v) is 7.19. The number of benzene rings is 4. The number of nitrogens with zero attached hydrogens (tertiary/aromatic N) is 1. The summed E-state index contributed by atoms with van der Waals surface area (Å²) in [6, 6.07) is 25.6. The summed E-state index contributed by atoms with van der Waals surface area (Å²) in [5.74, 6) is -0.626. The summed E-state index contributed by atoms with van der Waals surface area (Å²) >= 11 is -2.44. The van der Waals surface area contributed by atoms with Crippen LogP contribution in [0.5, 0.6) is 0 Å². The van der Waals surface area contributed by atoms with Gasteiger partial charge >= 0.3 is 5.97 Å². The van der Waals surface area contributed by atoms with Crippen LogP contribution in [0.15, 0.2) is 78.9 Å². The molecule has 0 N–H and O–H groups in total. The van der Waals surface area contributed by atoms with Gasteiger partial charge in [-0.25, -0.2) is 0 Å². The minimum Gasteiger partial charge on any atom is -0.755 e. The van der Waals surface area contributed by atoms with Gasteiger partial charge in [0.2, 0.25) is 0 Å². The number of fused-ring (bicyclic) bond motifs is 1. The molecule has 0 spiro atoms. The standard InChI is InChI=1S/C29H29NO4S/c1-19-12-15-23-8-5-6-9-27(23)28(19)30(35(32)33)18-22-13-16-24(17-14-22)26-11-7-10-25(20(26)2)21(3)29(31)34-4/h5-17,21H,18H2,1-4H3,(H,32,33)/p-1. The summed E-state index contributed by atoms with van der Waals surface area (Å²) in [5.41, 5.74) is 6.45. The Morgan fingerprint density at radius 3 is 2.37 bits per heavy atom. The number of rotatable bonds is 7. The third-order valence-electron chi connectivity index (χ3n) is 6.52. The maximum atomic E-state index is 12.3. The number of anilines is 1. The molecular weight excluding hydrogens is 458 g/mol. The van der Waals surface area contributed by atoms with Gasteiger partial charge in [-0.05, 0) is 59.5 Å². The fraction of sp³-hybridized carbons (Fsp3) is 0.207. The van der Waals surface area contributed by atoms with Gasteiger partial charge in [0.15, 0.2) is 0 Å². The Morgan fingerprint density at radius 2 is 1.69 bits per heavy atom. The Bertz CT molecular complexity index is 1400. The van der Waals surface area contributed by atoms with Crippen LogP contribution in [0.3, 0.4) is 0 Å². The molecule has 0 bridgehead atoms. The van der Waals surface area contributed by atoms with Crippen molar-refractivity contribution in [1.82, 2.24) is 0 Å². The van der Waals surface area contributed by atoms with E-state index in [2.05, 4.69) is 0 Å². The largest absolute Gasteiger partial charge is 0.755 e. The van der Waals surface area contributed by atoms with Crippen LogP contribution < -0.4 is 4.31 Å². The van der Waals surface area contributed by atoms with Gasteiger partial charge < -0.3 is 9.29 Å². The molecule has 0 radical (unpaired) electrons. The van der Waals surface area contributed by atoms with Crippen LogP contribution in [0, 0.1) is 13.8 Å². The van der Waals surface area contributed by atoms with Gasteiger partial charge in [-0.1, -0.05) is 78.9 Å². The number of carbonyl (C=O) groups excluding carboxylic acids is 1. The Balaban J connectivity index is 1.66. The second-order valence-electron chi connectivity index (χ2n) is 8.67. The smallest absolute Gasteiger partial charge is 0.312 e. The normalized spacial score (nSPS) is 12.8. The lowest BCUT2D eigenvalue weighted by Crippen LogP contribution is -2.25. The van der Waals surface area contributed by atoms with Crippen molar-refractivity contribution in [2.75, 3.05) is 11.4 Å². The highest BCUT2D eigenvalue weighted by molar-refractivity contribution is 7.80. The fourth-order valence-corrected chi connectivity index (χ4v) is 5.24. The van der Waals surface area contributed by atoms with E-state index in [1.807, 2.05) is 99.6 Å². The molecule has 0 saturated heterocycles. The molecule has 35 heavy (non-hydrogen) atoms. The molecule has 0 aliphatic rings. The van der Waals surface area contributed by atoms with E-state index in [0.29, 0.717) is 5.69 Å². The average Bonchev–Trinajstić information content (AvgIpc) is 2.87. The zero-order valence-corrected chi connectivity index (χ0v) is 21.1. The first-order valence-corrected chi connectivity index (χ1v) is 12.5. The Kier molecular flexibility index (Phi) is 7.34. The Morgan fingerprint density at radius 1 is 0.971 bits per heavy atom. The molecule has 0 saturated carbocycles. The van der Waals surface area contributed by atoms with E-state index in [1.165, 1.54) is 11.4 Å². The van der Waals surface area contributed by atoms with Crippen molar-refractivity contribution in [1.29, 1.82) is 0 Å². The Labute approximate surface area is 208 Å². The highest BCUT2D eigenvalue weighted by Gasteiger charge is 2.19. The van der Waals surface area contributed by atoms with Crippen molar-refractivity contribution in [2.45, 2.75) is 33.2 Å². The summed E-state index contributed by atoms with van der Waals surface area (Å²) in [5, 5.41) is 1.90. The molecule has 0 heterocycles. The highest BCUT2D eigenvalue weighted by Crippen LogP contribution is 2.34. The van der Waals surface area contributed by atoms with E-state index in [9.17, 15) is 13.6 Å². The molecule has 0 fully saturated rings. The van der Waals surface area contributed by atoms with Crippen molar-refractivity contribution < 1.29 is 18.3 Å². The summed E-state index contributed by atoms with van der Waals surface area (Å²) in [6.07, 6.45) is 0. The van der Waals surface area contributed by atoms with Crippen LogP contribution in [0.1, 0.15) is 35.1 Å². The van der Waals surface area contributed by atoms with Gasteiger partial charge in [-0.2, -0.15) is 0 Å². The number of ether oxygens (including phenoxy) is 1. The lowest BCUT2D eigenvalue weighted by Gasteiger charge is -2.29.